The molecule has 0 bridgehead atoms. The lowest BCUT2D eigenvalue weighted by atomic mass is 10.2. The van der Waals surface area contributed by atoms with Crippen molar-refractivity contribution in [2.75, 3.05) is 19.8 Å². The maximum absolute atomic E-state index is 5.74. The third-order valence-corrected chi connectivity index (χ3v) is 1.98. The van der Waals surface area contributed by atoms with E-state index in [4.69, 9.17) is 5.73 Å². The van der Waals surface area contributed by atoms with Gasteiger partial charge in [-0.05, 0) is 0 Å². The molecule has 0 atom stereocenters. The largest absolute Gasteiger partial charge is 0.383 e. The predicted octanol–water partition coefficient (Wildman–Crippen LogP) is -0.119. The van der Waals surface area contributed by atoms with Crippen LogP contribution in [0.15, 0.2) is 11.3 Å². The second-order valence-electron chi connectivity index (χ2n) is 3.11. The highest BCUT2D eigenvalue weighted by Crippen LogP contribution is 2.21. The summed E-state index contributed by atoms with van der Waals surface area (Å²) in [6.07, 6.45) is 1.47. The first-order valence-electron chi connectivity index (χ1n) is 4.01. The minimum Gasteiger partial charge on any atom is -0.383 e. The monoisotopic (exact) mass is 177 g/mol. The molecule has 2 rings (SSSR count). The Morgan fingerprint density at radius 3 is 2.85 bits per heavy atom. The van der Waals surface area contributed by atoms with Crippen LogP contribution in [0.3, 0.4) is 0 Å². The van der Waals surface area contributed by atoms with Crippen LogP contribution in [0, 0.1) is 0 Å². The van der Waals surface area contributed by atoms with Crippen LogP contribution in [0.25, 0.3) is 0 Å². The van der Waals surface area contributed by atoms with E-state index in [9.17, 15) is 0 Å². The molecular weight excluding hydrogens is 166 g/mol. The molecule has 0 radical (unpaired) electrons. The number of aromatic nitrogens is 2. The summed E-state index contributed by atoms with van der Waals surface area (Å²) in [4.78, 5) is 14.3. The van der Waals surface area contributed by atoms with Gasteiger partial charge in [-0.1, -0.05) is 0 Å². The van der Waals surface area contributed by atoms with Crippen molar-refractivity contribution in [3.63, 3.8) is 0 Å². The van der Waals surface area contributed by atoms with E-state index in [1.807, 2.05) is 19.0 Å². The lowest BCUT2D eigenvalue weighted by molar-refractivity contribution is 0.624. The van der Waals surface area contributed by atoms with Crippen molar-refractivity contribution < 1.29 is 0 Å². The number of nitrogens with two attached hydrogens (primary N) is 1. The van der Waals surface area contributed by atoms with E-state index >= 15 is 0 Å². The number of hydrogen-bond donors (Lipinski definition) is 1. The molecule has 0 saturated heterocycles. The van der Waals surface area contributed by atoms with Gasteiger partial charge in [0.15, 0.2) is 0 Å². The zero-order valence-corrected chi connectivity index (χ0v) is 7.65. The molecule has 68 valence electrons. The fourth-order valence-corrected chi connectivity index (χ4v) is 1.40. The van der Waals surface area contributed by atoms with Crippen LogP contribution in [-0.4, -0.2) is 34.8 Å². The van der Waals surface area contributed by atoms with E-state index in [2.05, 4.69) is 15.0 Å². The Morgan fingerprint density at radius 1 is 1.38 bits per heavy atom. The molecule has 1 aromatic rings. The average Bonchev–Trinajstić information content (AvgIpc) is 2.49. The zero-order chi connectivity index (χ0) is 9.42. The minimum atomic E-state index is 0.509. The van der Waals surface area contributed by atoms with Gasteiger partial charge in [0.25, 0.3) is 0 Å². The first-order valence-corrected chi connectivity index (χ1v) is 4.01. The van der Waals surface area contributed by atoms with E-state index in [-0.39, 0.29) is 0 Å². The second kappa shape index (κ2) is 2.69. The first-order chi connectivity index (χ1) is 6.20. The normalized spacial score (nSPS) is 13.8. The standard InChI is InChI=1S/C8H11N5/c1-13(2)8-6-5(3-10-8)11-4-12-7(6)9/h4H,3H2,1-2H3,(H2,9,11,12). The van der Waals surface area contributed by atoms with E-state index in [1.165, 1.54) is 6.33 Å². The highest BCUT2D eigenvalue weighted by atomic mass is 15.2. The molecule has 5 heteroatoms. The van der Waals surface area contributed by atoms with Gasteiger partial charge in [0, 0.05) is 14.1 Å². The number of amidine groups is 1. The Labute approximate surface area is 76.3 Å². The fourth-order valence-electron chi connectivity index (χ4n) is 1.40. The molecule has 1 aliphatic rings. The van der Waals surface area contributed by atoms with Crippen molar-refractivity contribution in [1.82, 2.24) is 14.9 Å². The molecule has 0 spiro atoms. The highest BCUT2D eigenvalue weighted by Gasteiger charge is 2.21. The predicted molar refractivity (Wildman–Crippen MR) is 50.4 cm³/mol. The molecule has 1 aliphatic heterocycles. The van der Waals surface area contributed by atoms with Gasteiger partial charge in [-0.15, -0.1) is 0 Å². The lowest BCUT2D eigenvalue weighted by Crippen LogP contribution is -2.23. The summed E-state index contributed by atoms with van der Waals surface area (Å²) in [5.41, 5.74) is 7.54. The molecule has 0 aromatic carbocycles. The topological polar surface area (TPSA) is 67.4 Å². The van der Waals surface area contributed by atoms with Crippen LogP contribution < -0.4 is 5.73 Å². The Balaban J connectivity index is 2.54. The third kappa shape index (κ3) is 1.12. The van der Waals surface area contributed by atoms with E-state index in [0.717, 1.165) is 17.1 Å². The zero-order valence-electron chi connectivity index (χ0n) is 7.65. The van der Waals surface area contributed by atoms with Gasteiger partial charge in [-0.25, -0.2) is 9.97 Å². The van der Waals surface area contributed by atoms with E-state index < -0.39 is 0 Å². The fraction of sp³-hybridized carbons (Fsp3) is 0.375. The van der Waals surface area contributed by atoms with E-state index in [1.54, 1.807) is 0 Å². The summed E-state index contributed by atoms with van der Waals surface area (Å²) in [6, 6.07) is 0. The van der Waals surface area contributed by atoms with Gasteiger partial charge in [-0.2, -0.15) is 0 Å². The average molecular weight is 177 g/mol. The third-order valence-electron chi connectivity index (χ3n) is 1.98. The van der Waals surface area contributed by atoms with Crippen LogP contribution in [0.2, 0.25) is 0 Å². The van der Waals surface area contributed by atoms with Gasteiger partial charge >= 0.3 is 0 Å². The first kappa shape index (κ1) is 7.97. The van der Waals surface area contributed by atoms with Gasteiger partial charge in [0.05, 0.1) is 17.8 Å². The van der Waals surface area contributed by atoms with Crippen LogP contribution in [0.1, 0.15) is 11.3 Å². The number of nitrogens with zero attached hydrogens (tertiary/aromatic N) is 4. The summed E-state index contributed by atoms with van der Waals surface area (Å²) >= 11 is 0. The molecule has 0 fully saturated rings. The molecule has 13 heavy (non-hydrogen) atoms. The molecule has 2 heterocycles. The summed E-state index contributed by atoms with van der Waals surface area (Å²) in [6.45, 7) is 0.607. The smallest absolute Gasteiger partial charge is 0.138 e. The van der Waals surface area contributed by atoms with Crippen molar-refractivity contribution in [2.24, 2.45) is 4.99 Å². The molecular formula is C8H11N5. The lowest BCUT2D eigenvalue weighted by Gasteiger charge is -2.13. The van der Waals surface area contributed by atoms with Crippen molar-refractivity contribution in [3.8, 4) is 0 Å². The Bertz CT molecular complexity index is 369. The number of aliphatic imine (C=N–C) groups is 1. The Kier molecular flexibility index (Phi) is 1.65. The van der Waals surface area contributed by atoms with Gasteiger partial charge in [0.1, 0.15) is 18.0 Å². The molecule has 0 aliphatic carbocycles. The SMILES string of the molecule is CN(C)C1=NCc2ncnc(N)c21. The van der Waals surface area contributed by atoms with E-state index in [0.29, 0.717) is 12.4 Å². The number of anilines is 1. The molecule has 0 saturated carbocycles. The molecule has 2 N–H and O–H groups in total. The van der Waals surface area contributed by atoms with Crippen LogP contribution >= 0.6 is 0 Å². The Hall–Kier alpha value is -1.65. The number of fused-ring (bicyclic) bond motifs is 1. The quantitative estimate of drug-likeness (QED) is 0.600. The summed E-state index contributed by atoms with van der Waals surface area (Å²) in [5, 5.41) is 0. The van der Waals surface area contributed by atoms with Crippen LogP contribution in [0.4, 0.5) is 5.82 Å². The number of nitrogen functional groups attached to an aromatic ring is 1. The molecule has 0 amide bonds. The van der Waals surface area contributed by atoms with Gasteiger partial charge in [0.2, 0.25) is 0 Å². The second-order valence-corrected chi connectivity index (χ2v) is 3.11. The van der Waals surface area contributed by atoms with Crippen molar-refractivity contribution in [1.29, 1.82) is 0 Å². The summed E-state index contributed by atoms with van der Waals surface area (Å²) < 4.78 is 0. The van der Waals surface area contributed by atoms with Crippen molar-refractivity contribution >= 4 is 11.7 Å². The highest BCUT2D eigenvalue weighted by molar-refractivity contribution is 6.04. The molecule has 5 nitrogen and oxygen atoms in total. The van der Waals surface area contributed by atoms with Crippen molar-refractivity contribution in [2.45, 2.75) is 6.54 Å². The number of rotatable bonds is 0. The van der Waals surface area contributed by atoms with Gasteiger partial charge in [-0.3, -0.25) is 4.99 Å². The molecule has 0 unspecified atom stereocenters. The van der Waals surface area contributed by atoms with Crippen molar-refractivity contribution in [3.05, 3.63) is 17.6 Å². The summed E-state index contributed by atoms with van der Waals surface area (Å²) in [7, 11) is 3.86. The molecule has 1 aromatic heterocycles. The maximum atomic E-state index is 5.74. The Morgan fingerprint density at radius 2 is 2.15 bits per heavy atom. The van der Waals surface area contributed by atoms with Crippen LogP contribution in [-0.2, 0) is 6.54 Å². The van der Waals surface area contributed by atoms with Crippen LogP contribution in [0.5, 0.6) is 0 Å². The number of hydrogen-bond acceptors (Lipinski definition) is 5. The summed E-state index contributed by atoms with van der Waals surface area (Å²) in [5.74, 6) is 1.38. The maximum Gasteiger partial charge on any atom is 0.138 e. The minimum absolute atomic E-state index is 0.509. The van der Waals surface area contributed by atoms with Gasteiger partial charge < -0.3 is 10.6 Å².